The standard InChI is InChI=1S/C25H32ClN5O3/c1-14(2)27-21-11-18(9-16(4)28-21)24-29-23(30-34-24)17-8-15(3)22(20(26)10-17)32-12-19-13-33-25(5,6)31(19)7/h8-11,14,19H,12-13H2,1-7H3,(H,27,28). The number of likely N-dealkylation sites (N-methyl/N-ethyl adjacent to an activating group) is 1. The predicted octanol–water partition coefficient (Wildman–Crippen LogP) is 5.33. The van der Waals surface area contributed by atoms with E-state index in [2.05, 4.69) is 39.2 Å². The van der Waals surface area contributed by atoms with E-state index in [4.69, 9.17) is 25.6 Å². The number of ether oxygens (including phenoxy) is 2. The average molecular weight is 486 g/mol. The molecule has 0 radical (unpaired) electrons. The van der Waals surface area contributed by atoms with Crippen molar-refractivity contribution < 1.29 is 14.0 Å². The lowest BCUT2D eigenvalue weighted by Gasteiger charge is -2.29. The van der Waals surface area contributed by atoms with Crippen LogP contribution in [0.3, 0.4) is 0 Å². The lowest BCUT2D eigenvalue weighted by molar-refractivity contribution is -0.0423. The third-order valence-corrected chi connectivity index (χ3v) is 6.28. The molecule has 8 nitrogen and oxygen atoms in total. The minimum absolute atomic E-state index is 0.156. The van der Waals surface area contributed by atoms with Gasteiger partial charge in [-0.3, -0.25) is 4.90 Å². The Morgan fingerprint density at radius 1 is 1.18 bits per heavy atom. The molecule has 1 aliphatic rings. The van der Waals surface area contributed by atoms with Crippen LogP contribution in [0.25, 0.3) is 22.8 Å². The summed E-state index contributed by atoms with van der Waals surface area (Å²) in [6.45, 7) is 13.2. The van der Waals surface area contributed by atoms with E-state index in [1.54, 1.807) is 6.07 Å². The number of pyridine rings is 1. The van der Waals surface area contributed by atoms with Crippen LogP contribution in [0, 0.1) is 13.8 Å². The van der Waals surface area contributed by atoms with Gasteiger partial charge < -0.3 is 19.3 Å². The lowest BCUT2D eigenvalue weighted by atomic mass is 10.1. The second-order valence-electron chi connectivity index (χ2n) is 9.54. The third-order valence-electron chi connectivity index (χ3n) is 6.00. The summed E-state index contributed by atoms with van der Waals surface area (Å²) in [4.78, 5) is 11.3. The molecule has 0 spiro atoms. The molecule has 0 saturated carbocycles. The van der Waals surface area contributed by atoms with Crippen LogP contribution in [0.15, 0.2) is 28.8 Å². The molecule has 0 aliphatic carbocycles. The molecule has 1 saturated heterocycles. The fourth-order valence-corrected chi connectivity index (χ4v) is 4.28. The van der Waals surface area contributed by atoms with Gasteiger partial charge >= 0.3 is 0 Å². The van der Waals surface area contributed by atoms with Gasteiger partial charge in [0.15, 0.2) is 0 Å². The monoisotopic (exact) mass is 485 g/mol. The second kappa shape index (κ2) is 9.52. The molecule has 3 aromatic rings. The van der Waals surface area contributed by atoms with Crippen molar-refractivity contribution in [3.05, 3.63) is 40.5 Å². The number of anilines is 1. The molecule has 9 heteroatoms. The number of aryl methyl sites for hydroxylation is 2. The van der Waals surface area contributed by atoms with Crippen molar-refractivity contribution >= 4 is 17.4 Å². The molecule has 182 valence electrons. The van der Waals surface area contributed by atoms with Gasteiger partial charge in [0, 0.05) is 22.9 Å². The van der Waals surface area contributed by atoms with Gasteiger partial charge in [-0.25, -0.2) is 4.98 Å². The Bertz CT molecular complexity index is 1150. The Balaban J connectivity index is 1.53. The minimum Gasteiger partial charge on any atom is -0.490 e. The Morgan fingerprint density at radius 3 is 2.59 bits per heavy atom. The molecule has 34 heavy (non-hydrogen) atoms. The fourth-order valence-electron chi connectivity index (χ4n) is 3.96. The first-order valence-electron chi connectivity index (χ1n) is 11.4. The quantitative estimate of drug-likeness (QED) is 0.480. The number of hydrogen-bond donors (Lipinski definition) is 1. The van der Waals surface area contributed by atoms with E-state index >= 15 is 0 Å². The number of nitrogens with one attached hydrogen (secondary N) is 1. The summed E-state index contributed by atoms with van der Waals surface area (Å²) in [5, 5.41) is 8.00. The number of rotatable bonds is 7. The van der Waals surface area contributed by atoms with Crippen molar-refractivity contribution in [2.24, 2.45) is 0 Å². The van der Waals surface area contributed by atoms with Gasteiger partial charge in [0.2, 0.25) is 5.82 Å². The van der Waals surface area contributed by atoms with Crippen LogP contribution in [0.5, 0.6) is 5.75 Å². The predicted molar refractivity (Wildman–Crippen MR) is 133 cm³/mol. The van der Waals surface area contributed by atoms with Crippen molar-refractivity contribution in [1.29, 1.82) is 0 Å². The van der Waals surface area contributed by atoms with Crippen LogP contribution in [0.2, 0.25) is 5.02 Å². The van der Waals surface area contributed by atoms with Crippen molar-refractivity contribution in [3.8, 4) is 28.6 Å². The second-order valence-corrected chi connectivity index (χ2v) is 9.95. The summed E-state index contributed by atoms with van der Waals surface area (Å²) in [6, 6.07) is 8.01. The molecule has 1 fully saturated rings. The van der Waals surface area contributed by atoms with Crippen molar-refractivity contribution in [1.82, 2.24) is 20.0 Å². The maximum atomic E-state index is 6.60. The van der Waals surface area contributed by atoms with Crippen molar-refractivity contribution in [3.63, 3.8) is 0 Å². The molecular weight excluding hydrogens is 454 g/mol. The Morgan fingerprint density at radius 2 is 1.94 bits per heavy atom. The molecule has 1 unspecified atom stereocenters. The SMILES string of the molecule is Cc1cc(-c2nc(-c3cc(C)c(OCC4COC(C)(C)N4C)c(Cl)c3)no2)cc(NC(C)C)n1. The zero-order valence-electron chi connectivity index (χ0n) is 20.8. The maximum Gasteiger partial charge on any atom is 0.258 e. The van der Waals surface area contributed by atoms with Crippen LogP contribution in [-0.2, 0) is 4.74 Å². The molecule has 1 N–H and O–H groups in total. The Hall–Kier alpha value is -2.68. The van der Waals surface area contributed by atoms with E-state index in [1.165, 1.54) is 0 Å². The van der Waals surface area contributed by atoms with Crippen LogP contribution in [0.4, 0.5) is 5.82 Å². The van der Waals surface area contributed by atoms with Crippen LogP contribution in [-0.4, -0.2) is 58.1 Å². The molecule has 0 bridgehead atoms. The fraction of sp³-hybridized carbons (Fsp3) is 0.480. The number of hydrogen-bond acceptors (Lipinski definition) is 8. The molecule has 2 aromatic heterocycles. The third kappa shape index (κ3) is 5.19. The molecule has 4 rings (SSSR count). The Kier molecular flexibility index (Phi) is 6.85. The van der Waals surface area contributed by atoms with Crippen LogP contribution in [0.1, 0.15) is 39.0 Å². The first kappa shape index (κ1) is 24.4. The highest BCUT2D eigenvalue weighted by atomic mass is 35.5. The molecule has 1 aromatic carbocycles. The summed E-state index contributed by atoms with van der Waals surface area (Å²) in [5.41, 5.74) is 3.04. The lowest BCUT2D eigenvalue weighted by Crippen LogP contribution is -2.42. The molecule has 1 aliphatic heterocycles. The Labute approximate surface area is 205 Å². The van der Waals surface area contributed by atoms with Gasteiger partial charge in [0.1, 0.15) is 23.9 Å². The summed E-state index contributed by atoms with van der Waals surface area (Å²) in [5.74, 6) is 2.31. The number of aromatic nitrogens is 3. The van der Waals surface area contributed by atoms with E-state index in [9.17, 15) is 0 Å². The van der Waals surface area contributed by atoms with E-state index < -0.39 is 0 Å². The topological polar surface area (TPSA) is 85.5 Å². The zero-order valence-corrected chi connectivity index (χ0v) is 21.5. The van der Waals surface area contributed by atoms with Gasteiger partial charge in [-0.1, -0.05) is 16.8 Å². The van der Waals surface area contributed by atoms with Crippen molar-refractivity contribution in [2.45, 2.75) is 59.4 Å². The zero-order chi connectivity index (χ0) is 24.6. The normalized spacial score (nSPS) is 18.0. The van der Waals surface area contributed by atoms with Gasteiger partial charge in [-0.2, -0.15) is 4.98 Å². The molecular formula is C25H32ClN5O3. The van der Waals surface area contributed by atoms with Gasteiger partial charge in [-0.15, -0.1) is 0 Å². The summed E-state index contributed by atoms with van der Waals surface area (Å²) >= 11 is 6.60. The highest BCUT2D eigenvalue weighted by molar-refractivity contribution is 6.32. The number of nitrogens with zero attached hydrogens (tertiary/aromatic N) is 4. The number of halogens is 1. The van der Waals surface area contributed by atoms with Crippen LogP contribution >= 0.6 is 11.6 Å². The molecule has 0 amide bonds. The largest absolute Gasteiger partial charge is 0.490 e. The van der Waals surface area contributed by atoms with E-state index in [-0.39, 0.29) is 17.8 Å². The first-order chi connectivity index (χ1) is 16.0. The van der Waals surface area contributed by atoms with Crippen molar-refractivity contribution in [2.75, 3.05) is 25.6 Å². The van der Waals surface area contributed by atoms with E-state index in [0.717, 1.165) is 28.2 Å². The summed E-state index contributed by atoms with van der Waals surface area (Å²) < 4.78 is 17.5. The highest BCUT2D eigenvalue weighted by Crippen LogP contribution is 2.35. The minimum atomic E-state index is -0.300. The maximum absolute atomic E-state index is 6.60. The smallest absolute Gasteiger partial charge is 0.258 e. The molecule has 1 atom stereocenters. The van der Waals surface area contributed by atoms with E-state index in [1.807, 2.05) is 52.9 Å². The van der Waals surface area contributed by atoms with Gasteiger partial charge in [0.25, 0.3) is 5.89 Å². The highest BCUT2D eigenvalue weighted by Gasteiger charge is 2.38. The number of benzene rings is 1. The first-order valence-corrected chi connectivity index (χ1v) is 11.8. The summed E-state index contributed by atoms with van der Waals surface area (Å²) in [7, 11) is 2.04. The van der Waals surface area contributed by atoms with Crippen LogP contribution < -0.4 is 10.1 Å². The van der Waals surface area contributed by atoms with Gasteiger partial charge in [-0.05, 0) is 78.4 Å². The molecule has 3 heterocycles. The van der Waals surface area contributed by atoms with E-state index in [0.29, 0.717) is 35.7 Å². The average Bonchev–Trinajstić information content (AvgIpc) is 3.33. The summed E-state index contributed by atoms with van der Waals surface area (Å²) in [6.07, 6.45) is 0. The van der Waals surface area contributed by atoms with Gasteiger partial charge in [0.05, 0.1) is 17.7 Å².